The Morgan fingerprint density at radius 1 is 1.35 bits per heavy atom. The first-order valence-corrected chi connectivity index (χ1v) is 7.65. The summed E-state index contributed by atoms with van der Waals surface area (Å²) in [5, 5.41) is 9.07. The van der Waals surface area contributed by atoms with Gasteiger partial charge in [0.05, 0.1) is 12.2 Å². The van der Waals surface area contributed by atoms with Crippen LogP contribution in [0.5, 0.6) is 5.75 Å². The van der Waals surface area contributed by atoms with Gasteiger partial charge in [0.1, 0.15) is 11.8 Å². The number of carboxylic acids is 1. The molecule has 1 aliphatic heterocycles. The molecule has 1 aliphatic rings. The van der Waals surface area contributed by atoms with Crippen LogP contribution < -0.4 is 4.74 Å². The van der Waals surface area contributed by atoms with E-state index in [2.05, 4.69) is 0 Å². The van der Waals surface area contributed by atoms with Crippen LogP contribution in [0.25, 0.3) is 0 Å². The minimum atomic E-state index is -4.37. The van der Waals surface area contributed by atoms with Gasteiger partial charge in [0.2, 0.25) is 0 Å². The number of rotatable bonds is 7. The monoisotopic (exact) mass is 331 g/mol. The molecule has 128 valence electrons. The second kappa shape index (κ2) is 7.68. The van der Waals surface area contributed by atoms with Gasteiger partial charge in [0.15, 0.2) is 0 Å². The van der Waals surface area contributed by atoms with Crippen molar-refractivity contribution in [3.8, 4) is 5.75 Å². The first kappa shape index (κ1) is 17.6. The molecule has 7 heteroatoms. The number of likely N-dealkylation sites (tertiary alicyclic amines) is 1. The van der Waals surface area contributed by atoms with Crippen LogP contribution in [0, 0.1) is 0 Å². The highest BCUT2D eigenvalue weighted by Gasteiger charge is 2.31. The molecule has 0 aliphatic carbocycles. The maximum Gasteiger partial charge on any atom is 0.416 e. The Kier molecular flexibility index (Phi) is 5.87. The van der Waals surface area contributed by atoms with Gasteiger partial charge in [-0.15, -0.1) is 0 Å². The average molecular weight is 331 g/mol. The Hall–Kier alpha value is -1.76. The highest BCUT2D eigenvalue weighted by atomic mass is 19.4. The molecular weight excluding hydrogens is 311 g/mol. The zero-order chi connectivity index (χ0) is 16.9. The molecule has 1 N–H and O–H groups in total. The number of carboxylic acid groups (broad SMARTS) is 1. The van der Waals surface area contributed by atoms with E-state index < -0.39 is 23.8 Å². The summed E-state index contributed by atoms with van der Waals surface area (Å²) in [4.78, 5) is 13.0. The quantitative estimate of drug-likeness (QED) is 0.778. The molecule has 0 saturated carbocycles. The lowest BCUT2D eigenvalue weighted by molar-refractivity contribution is -0.142. The van der Waals surface area contributed by atoms with E-state index in [0.717, 1.165) is 31.5 Å². The molecule has 1 fully saturated rings. The second-order valence-corrected chi connectivity index (χ2v) is 5.61. The van der Waals surface area contributed by atoms with Crippen molar-refractivity contribution in [2.24, 2.45) is 0 Å². The highest BCUT2D eigenvalue weighted by Crippen LogP contribution is 2.31. The number of ether oxygens (including phenoxy) is 1. The van der Waals surface area contributed by atoms with Crippen molar-refractivity contribution in [2.45, 2.75) is 37.9 Å². The zero-order valence-corrected chi connectivity index (χ0v) is 12.7. The van der Waals surface area contributed by atoms with Crippen molar-refractivity contribution in [3.63, 3.8) is 0 Å². The summed E-state index contributed by atoms with van der Waals surface area (Å²) in [5.41, 5.74) is -0.726. The van der Waals surface area contributed by atoms with E-state index in [1.807, 2.05) is 4.90 Å². The van der Waals surface area contributed by atoms with Crippen molar-refractivity contribution in [1.29, 1.82) is 0 Å². The number of hydrogen-bond donors (Lipinski definition) is 1. The lowest BCUT2D eigenvalue weighted by Crippen LogP contribution is -2.36. The van der Waals surface area contributed by atoms with Crippen molar-refractivity contribution < 1.29 is 27.8 Å². The lowest BCUT2D eigenvalue weighted by Gasteiger charge is -2.20. The maximum absolute atomic E-state index is 12.6. The fourth-order valence-corrected chi connectivity index (χ4v) is 2.74. The van der Waals surface area contributed by atoms with E-state index in [4.69, 9.17) is 9.84 Å². The summed E-state index contributed by atoms with van der Waals surface area (Å²) < 4.78 is 43.1. The second-order valence-electron chi connectivity index (χ2n) is 5.61. The molecule has 0 aromatic heterocycles. The third-order valence-corrected chi connectivity index (χ3v) is 3.92. The molecule has 0 spiro atoms. The van der Waals surface area contributed by atoms with Crippen molar-refractivity contribution >= 4 is 5.97 Å². The van der Waals surface area contributed by atoms with E-state index in [0.29, 0.717) is 26.0 Å². The third-order valence-electron chi connectivity index (χ3n) is 3.92. The van der Waals surface area contributed by atoms with E-state index in [1.54, 1.807) is 0 Å². The van der Waals surface area contributed by atoms with E-state index in [9.17, 15) is 18.0 Å². The van der Waals surface area contributed by atoms with Gasteiger partial charge >= 0.3 is 12.1 Å². The van der Waals surface area contributed by atoms with Crippen LogP contribution in [0.1, 0.15) is 31.2 Å². The van der Waals surface area contributed by atoms with Crippen LogP contribution >= 0.6 is 0 Å². The van der Waals surface area contributed by atoms with Crippen molar-refractivity contribution in [2.75, 3.05) is 19.7 Å². The van der Waals surface area contributed by atoms with Gasteiger partial charge in [-0.3, -0.25) is 9.69 Å². The zero-order valence-electron chi connectivity index (χ0n) is 12.7. The standard InChI is InChI=1S/C16H20F3NO3/c17-16(18,19)12-5-3-6-13(11-12)23-10-2-1-8-20-9-4-7-14(20)15(21)22/h3,5-6,11,14H,1-2,4,7-10H2,(H,21,22)/t14-/m0/s1. The summed E-state index contributed by atoms with van der Waals surface area (Å²) >= 11 is 0. The molecule has 0 amide bonds. The number of benzene rings is 1. The van der Waals surface area contributed by atoms with E-state index >= 15 is 0 Å². The van der Waals surface area contributed by atoms with Crippen molar-refractivity contribution in [1.82, 2.24) is 4.90 Å². The van der Waals surface area contributed by atoms with Gasteiger partial charge in [0.25, 0.3) is 0 Å². The van der Waals surface area contributed by atoms with Crippen LogP contribution in [0.4, 0.5) is 13.2 Å². The molecule has 4 nitrogen and oxygen atoms in total. The molecule has 1 atom stereocenters. The largest absolute Gasteiger partial charge is 0.494 e. The van der Waals surface area contributed by atoms with Gasteiger partial charge in [-0.1, -0.05) is 6.07 Å². The Morgan fingerprint density at radius 2 is 2.13 bits per heavy atom. The highest BCUT2D eigenvalue weighted by molar-refractivity contribution is 5.73. The van der Waals surface area contributed by atoms with Crippen LogP contribution in [-0.2, 0) is 11.0 Å². The molecule has 1 aromatic rings. The summed E-state index contributed by atoms with van der Waals surface area (Å²) in [7, 11) is 0. The molecule has 1 saturated heterocycles. The Labute approximate surface area is 132 Å². The van der Waals surface area contributed by atoms with Crippen LogP contribution in [-0.4, -0.2) is 41.7 Å². The van der Waals surface area contributed by atoms with Gasteiger partial charge in [-0.25, -0.2) is 0 Å². The molecule has 0 unspecified atom stereocenters. The van der Waals surface area contributed by atoms with Crippen LogP contribution in [0.3, 0.4) is 0 Å². The normalized spacial score (nSPS) is 19.0. The van der Waals surface area contributed by atoms with Gasteiger partial charge < -0.3 is 9.84 Å². The molecule has 0 bridgehead atoms. The molecular formula is C16H20F3NO3. The minimum Gasteiger partial charge on any atom is -0.494 e. The first-order chi connectivity index (χ1) is 10.9. The number of alkyl halides is 3. The van der Waals surface area contributed by atoms with Gasteiger partial charge in [-0.2, -0.15) is 13.2 Å². The molecule has 1 heterocycles. The predicted octanol–water partition coefficient (Wildman–Crippen LogP) is 3.41. The van der Waals surface area contributed by atoms with Crippen LogP contribution in [0.2, 0.25) is 0 Å². The Balaban J connectivity index is 1.71. The smallest absolute Gasteiger partial charge is 0.416 e. The summed E-state index contributed by atoms with van der Waals surface area (Å²) in [5.74, 6) is -0.591. The number of aliphatic carboxylic acids is 1. The number of hydrogen-bond acceptors (Lipinski definition) is 3. The van der Waals surface area contributed by atoms with E-state index in [1.165, 1.54) is 12.1 Å². The third kappa shape index (κ3) is 5.13. The van der Waals surface area contributed by atoms with Gasteiger partial charge in [0, 0.05) is 0 Å². The summed E-state index contributed by atoms with van der Waals surface area (Å²) in [6.45, 7) is 1.77. The number of unbranched alkanes of at least 4 members (excludes halogenated alkanes) is 1. The Bertz CT molecular complexity index is 534. The molecule has 23 heavy (non-hydrogen) atoms. The predicted molar refractivity (Wildman–Crippen MR) is 78.4 cm³/mol. The Morgan fingerprint density at radius 3 is 2.83 bits per heavy atom. The van der Waals surface area contributed by atoms with Crippen molar-refractivity contribution in [3.05, 3.63) is 29.8 Å². The number of nitrogens with zero attached hydrogens (tertiary/aromatic N) is 1. The minimum absolute atomic E-state index is 0.199. The maximum atomic E-state index is 12.6. The van der Waals surface area contributed by atoms with Crippen LogP contribution in [0.15, 0.2) is 24.3 Å². The molecule has 1 aromatic carbocycles. The first-order valence-electron chi connectivity index (χ1n) is 7.65. The van der Waals surface area contributed by atoms with Gasteiger partial charge in [-0.05, 0) is 57.0 Å². The SMILES string of the molecule is O=C(O)[C@@H]1CCCN1CCCCOc1cccc(C(F)(F)F)c1. The summed E-state index contributed by atoms with van der Waals surface area (Å²) in [6.07, 6.45) is -1.39. The van der Waals surface area contributed by atoms with E-state index in [-0.39, 0.29) is 5.75 Å². The average Bonchev–Trinajstić information content (AvgIpc) is 2.95. The fraction of sp³-hybridized carbons (Fsp3) is 0.562. The molecule has 0 radical (unpaired) electrons. The number of carbonyl (C=O) groups is 1. The molecule has 2 rings (SSSR count). The lowest BCUT2D eigenvalue weighted by atomic mass is 10.2. The topological polar surface area (TPSA) is 49.8 Å². The number of halogens is 3. The fourth-order valence-electron chi connectivity index (χ4n) is 2.74. The summed E-state index contributed by atoms with van der Waals surface area (Å²) in [6, 6.07) is 4.41.